The quantitative estimate of drug-likeness (QED) is 0.685. The molecule has 0 bridgehead atoms. The van der Waals surface area contributed by atoms with Crippen molar-refractivity contribution >= 4 is 39.4 Å². The number of ether oxygens (including phenoxy) is 2. The zero-order valence-corrected chi connectivity index (χ0v) is 15.8. The standard InChI is InChI=1S/C18H17BrClNO4/c1-12(18(23)21-10-13-2-6-15(20)7-3-13)25-17(22)11-24-16-8-4-14(19)5-9-16/h2-9,12H,10-11H2,1H3,(H,21,23). The topological polar surface area (TPSA) is 64.6 Å². The van der Waals surface area contributed by atoms with Crippen LogP contribution in [0.4, 0.5) is 0 Å². The van der Waals surface area contributed by atoms with Gasteiger partial charge in [-0.25, -0.2) is 4.79 Å². The van der Waals surface area contributed by atoms with Crippen LogP contribution in [0.15, 0.2) is 53.0 Å². The molecular formula is C18H17BrClNO4. The van der Waals surface area contributed by atoms with Gasteiger partial charge in [-0.05, 0) is 48.9 Å². The molecule has 5 nitrogen and oxygen atoms in total. The lowest BCUT2D eigenvalue weighted by molar-refractivity contribution is -0.156. The van der Waals surface area contributed by atoms with E-state index in [9.17, 15) is 9.59 Å². The van der Waals surface area contributed by atoms with E-state index in [1.165, 1.54) is 6.92 Å². The molecule has 1 unspecified atom stereocenters. The highest BCUT2D eigenvalue weighted by molar-refractivity contribution is 9.10. The first-order valence-corrected chi connectivity index (χ1v) is 8.71. The Labute approximate surface area is 159 Å². The number of benzene rings is 2. The fourth-order valence-electron chi connectivity index (χ4n) is 1.89. The maximum absolute atomic E-state index is 12.0. The summed E-state index contributed by atoms with van der Waals surface area (Å²) in [5, 5.41) is 3.33. The number of hydrogen-bond acceptors (Lipinski definition) is 4. The molecule has 0 heterocycles. The third-order valence-corrected chi connectivity index (χ3v) is 4.01. The SMILES string of the molecule is CC(OC(=O)COc1ccc(Br)cc1)C(=O)NCc1ccc(Cl)cc1. The Hall–Kier alpha value is -2.05. The third kappa shape index (κ3) is 6.76. The number of halogens is 2. The summed E-state index contributed by atoms with van der Waals surface area (Å²) in [6.45, 7) is 1.57. The van der Waals surface area contributed by atoms with E-state index >= 15 is 0 Å². The second kappa shape index (κ2) is 9.44. The fourth-order valence-corrected chi connectivity index (χ4v) is 2.28. The summed E-state index contributed by atoms with van der Waals surface area (Å²) in [6.07, 6.45) is -0.909. The van der Waals surface area contributed by atoms with E-state index in [1.807, 2.05) is 12.1 Å². The van der Waals surface area contributed by atoms with E-state index in [0.29, 0.717) is 17.3 Å². The molecule has 0 radical (unpaired) electrons. The van der Waals surface area contributed by atoms with Crippen molar-refractivity contribution in [2.24, 2.45) is 0 Å². The van der Waals surface area contributed by atoms with Crippen LogP contribution in [0.3, 0.4) is 0 Å². The highest BCUT2D eigenvalue weighted by Gasteiger charge is 2.17. The molecule has 0 aliphatic carbocycles. The molecule has 2 aromatic rings. The van der Waals surface area contributed by atoms with Crippen LogP contribution in [0.25, 0.3) is 0 Å². The predicted octanol–water partition coefficient (Wildman–Crippen LogP) is 3.73. The maximum atomic E-state index is 12.0. The molecule has 1 amide bonds. The number of carbonyl (C=O) groups excluding carboxylic acids is 2. The van der Waals surface area contributed by atoms with E-state index in [2.05, 4.69) is 21.2 Å². The van der Waals surface area contributed by atoms with Gasteiger partial charge in [0.2, 0.25) is 0 Å². The summed E-state index contributed by atoms with van der Waals surface area (Å²) in [5.74, 6) is -0.455. The largest absolute Gasteiger partial charge is 0.482 e. The Bertz CT molecular complexity index is 719. The van der Waals surface area contributed by atoms with E-state index in [-0.39, 0.29) is 12.5 Å². The summed E-state index contributed by atoms with van der Waals surface area (Å²) >= 11 is 9.12. The lowest BCUT2D eigenvalue weighted by Gasteiger charge is -2.14. The van der Waals surface area contributed by atoms with Crippen LogP contribution >= 0.6 is 27.5 Å². The summed E-state index contributed by atoms with van der Waals surface area (Å²) in [7, 11) is 0. The van der Waals surface area contributed by atoms with Gasteiger partial charge in [0.05, 0.1) is 0 Å². The van der Waals surface area contributed by atoms with Crippen molar-refractivity contribution in [1.29, 1.82) is 0 Å². The average Bonchev–Trinajstić information content (AvgIpc) is 2.60. The predicted molar refractivity (Wildman–Crippen MR) is 98.5 cm³/mol. The second-order valence-corrected chi connectivity index (χ2v) is 6.57. The zero-order valence-electron chi connectivity index (χ0n) is 13.5. The van der Waals surface area contributed by atoms with Gasteiger partial charge in [-0.1, -0.05) is 39.7 Å². The summed E-state index contributed by atoms with van der Waals surface area (Å²) in [4.78, 5) is 23.7. The third-order valence-electron chi connectivity index (χ3n) is 3.23. The van der Waals surface area contributed by atoms with Crippen LogP contribution in [-0.2, 0) is 20.9 Å². The van der Waals surface area contributed by atoms with Gasteiger partial charge in [0, 0.05) is 16.0 Å². The number of carbonyl (C=O) groups is 2. The molecule has 0 aliphatic rings. The Morgan fingerprint density at radius 2 is 1.76 bits per heavy atom. The van der Waals surface area contributed by atoms with Gasteiger partial charge in [-0.2, -0.15) is 0 Å². The molecule has 0 saturated heterocycles. The molecule has 132 valence electrons. The minimum Gasteiger partial charge on any atom is -0.482 e. The van der Waals surface area contributed by atoms with Crippen molar-refractivity contribution in [1.82, 2.24) is 5.32 Å². The molecule has 0 spiro atoms. The van der Waals surface area contributed by atoms with E-state index in [4.69, 9.17) is 21.1 Å². The fraction of sp³-hybridized carbons (Fsp3) is 0.222. The number of rotatable bonds is 7. The van der Waals surface area contributed by atoms with Crippen molar-refractivity contribution in [2.75, 3.05) is 6.61 Å². The number of amides is 1. The lowest BCUT2D eigenvalue weighted by atomic mass is 10.2. The molecule has 1 atom stereocenters. The molecule has 1 N–H and O–H groups in total. The normalized spacial score (nSPS) is 11.5. The van der Waals surface area contributed by atoms with Crippen LogP contribution in [0.1, 0.15) is 12.5 Å². The summed E-state index contributed by atoms with van der Waals surface area (Å²) in [5.41, 5.74) is 0.898. The summed E-state index contributed by atoms with van der Waals surface area (Å²) in [6, 6.07) is 14.1. The highest BCUT2D eigenvalue weighted by atomic mass is 79.9. The van der Waals surface area contributed by atoms with Gasteiger partial charge < -0.3 is 14.8 Å². The molecule has 2 rings (SSSR count). The summed E-state index contributed by atoms with van der Waals surface area (Å²) < 4.78 is 11.3. The lowest BCUT2D eigenvalue weighted by Crippen LogP contribution is -2.36. The average molecular weight is 427 g/mol. The van der Waals surface area contributed by atoms with Crippen molar-refractivity contribution in [3.63, 3.8) is 0 Å². The first-order valence-electron chi connectivity index (χ1n) is 7.54. The molecule has 0 aromatic heterocycles. The molecule has 0 aliphatic heterocycles. The van der Waals surface area contributed by atoms with Crippen molar-refractivity contribution < 1.29 is 19.1 Å². The Balaban J connectivity index is 1.72. The minimum absolute atomic E-state index is 0.267. The van der Waals surface area contributed by atoms with Crippen LogP contribution < -0.4 is 10.1 Å². The molecule has 0 fully saturated rings. The van der Waals surface area contributed by atoms with Gasteiger partial charge in [-0.3, -0.25) is 4.79 Å². The Morgan fingerprint density at radius 3 is 2.40 bits per heavy atom. The first kappa shape index (κ1) is 19.3. The van der Waals surface area contributed by atoms with Crippen LogP contribution in [0.5, 0.6) is 5.75 Å². The zero-order chi connectivity index (χ0) is 18.2. The van der Waals surface area contributed by atoms with E-state index in [0.717, 1.165) is 10.0 Å². The van der Waals surface area contributed by atoms with Gasteiger partial charge in [-0.15, -0.1) is 0 Å². The van der Waals surface area contributed by atoms with Gasteiger partial charge >= 0.3 is 5.97 Å². The molecule has 0 saturated carbocycles. The number of hydrogen-bond donors (Lipinski definition) is 1. The van der Waals surface area contributed by atoms with E-state index < -0.39 is 12.1 Å². The first-order chi connectivity index (χ1) is 11.9. The van der Waals surface area contributed by atoms with Gasteiger partial charge in [0.1, 0.15) is 5.75 Å². The van der Waals surface area contributed by atoms with Crippen LogP contribution in [0.2, 0.25) is 5.02 Å². The molecule has 2 aromatic carbocycles. The van der Waals surface area contributed by atoms with Crippen molar-refractivity contribution in [2.45, 2.75) is 19.6 Å². The number of esters is 1. The van der Waals surface area contributed by atoms with Crippen molar-refractivity contribution in [3.8, 4) is 5.75 Å². The number of nitrogens with one attached hydrogen (secondary N) is 1. The molecular weight excluding hydrogens is 410 g/mol. The maximum Gasteiger partial charge on any atom is 0.344 e. The second-order valence-electron chi connectivity index (χ2n) is 5.22. The van der Waals surface area contributed by atoms with Gasteiger partial charge in [0.15, 0.2) is 12.7 Å². The highest BCUT2D eigenvalue weighted by Crippen LogP contribution is 2.16. The van der Waals surface area contributed by atoms with Crippen molar-refractivity contribution in [3.05, 3.63) is 63.6 Å². The monoisotopic (exact) mass is 425 g/mol. The van der Waals surface area contributed by atoms with Crippen LogP contribution in [0, 0.1) is 0 Å². The van der Waals surface area contributed by atoms with Crippen LogP contribution in [-0.4, -0.2) is 24.6 Å². The molecule has 7 heteroatoms. The smallest absolute Gasteiger partial charge is 0.344 e. The van der Waals surface area contributed by atoms with Gasteiger partial charge in [0.25, 0.3) is 5.91 Å². The Kier molecular flexibility index (Phi) is 7.28. The Morgan fingerprint density at radius 1 is 1.12 bits per heavy atom. The van der Waals surface area contributed by atoms with E-state index in [1.54, 1.807) is 36.4 Å². The minimum atomic E-state index is -0.909. The molecule has 25 heavy (non-hydrogen) atoms.